The van der Waals surface area contributed by atoms with Gasteiger partial charge in [-0.2, -0.15) is 0 Å². The van der Waals surface area contributed by atoms with Gasteiger partial charge in [0.25, 0.3) is 0 Å². The molecule has 36 heavy (non-hydrogen) atoms. The normalized spacial score (nSPS) is 19.0. The van der Waals surface area contributed by atoms with E-state index < -0.39 is 6.04 Å². The van der Waals surface area contributed by atoms with E-state index in [9.17, 15) is 14.4 Å². The number of ether oxygens (including phenoxy) is 1. The maximum absolute atomic E-state index is 13.7. The van der Waals surface area contributed by atoms with Gasteiger partial charge in [0.2, 0.25) is 17.7 Å². The summed E-state index contributed by atoms with van der Waals surface area (Å²) in [6.45, 7) is 2.69. The topological polar surface area (TPSA) is 114 Å². The van der Waals surface area contributed by atoms with Crippen LogP contribution in [0.2, 0.25) is 0 Å². The fourth-order valence-electron chi connectivity index (χ4n) is 4.99. The molecule has 1 aliphatic heterocycles. The highest BCUT2D eigenvalue weighted by Crippen LogP contribution is 2.27. The molecule has 2 N–H and O–H groups in total. The minimum absolute atomic E-state index is 0.0292. The summed E-state index contributed by atoms with van der Waals surface area (Å²) in [6.07, 6.45) is 6.86. The third kappa shape index (κ3) is 7.16. The van der Waals surface area contributed by atoms with Gasteiger partial charge in [0.15, 0.2) is 5.82 Å². The van der Waals surface area contributed by atoms with Crippen LogP contribution in [0.4, 0.5) is 5.82 Å². The zero-order chi connectivity index (χ0) is 25.3. The number of carbonyl (C=O) groups excluding carboxylic acids is 3. The van der Waals surface area contributed by atoms with Crippen LogP contribution in [0.1, 0.15) is 75.2 Å². The summed E-state index contributed by atoms with van der Waals surface area (Å²) in [4.78, 5) is 41.3. The van der Waals surface area contributed by atoms with E-state index in [2.05, 4.69) is 15.8 Å². The Kier molecular flexibility index (Phi) is 9.11. The maximum Gasteiger partial charge on any atom is 0.247 e. The minimum Gasteiger partial charge on any atom is -0.376 e. The number of nitrogens with one attached hydrogen (secondary N) is 2. The molecule has 2 atom stereocenters. The van der Waals surface area contributed by atoms with Crippen molar-refractivity contribution in [2.45, 2.75) is 82.9 Å². The van der Waals surface area contributed by atoms with Crippen molar-refractivity contribution in [3.8, 4) is 0 Å². The lowest BCUT2D eigenvalue weighted by Gasteiger charge is -2.34. The number of amides is 3. The van der Waals surface area contributed by atoms with Gasteiger partial charge in [0.1, 0.15) is 11.8 Å². The van der Waals surface area contributed by atoms with Gasteiger partial charge >= 0.3 is 0 Å². The highest BCUT2D eigenvalue weighted by atomic mass is 16.5. The molecule has 2 unspecified atom stereocenters. The molecule has 0 radical (unpaired) electrons. The van der Waals surface area contributed by atoms with Gasteiger partial charge in [-0.1, -0.05) is 54.8 Å². The molecule has 1 aromatic carbocycles. The molecule has 1 saturated heterocycles. The molecule has 1 saturated carbocycles. The van der Waals surface area contributed by atoms with Crippen molar-refractivity contribution in [3.63, 3.8) is 0 Å². The van der Waals surface area contributed by atoms with E-state index in [4.69, 9.17) is 9.26 Å². The van der Waals surface area contributed by atoms with Gasteiger partial charge in [-0.05, 0) is 38.2 Å². The lowest BCUT2D eigenvalue weighted by atomic mass is 9.94. The Morgan fingerprint density at radius 1 is 1.06 bits per heavy atom. The van der Waals surface area contributed by atoms with Crippen LogP contribution < -0.4 is 10.6 Å². The summed E-state index contributed by atoms with van der Waals surface area (Å²) in [7, 11) is 0. The molecule has 0 bridgehead atoms. The van der Waals surface area contributed by atoms with Crippen LogP contribution in [0, 0.1) is 6.92 Å². The van der Waals surface area contributed by atoms with Gasteiger partial charge in [0, 0.05) is 38.1 Å². The second-order valence-electron chi connectivity index (χ2n) is 9.71. The highest BCUT2D eigenvalue weighted by molar-refractivity contribution is 5.94. The number of carbonyl (C=O) groups is 3. The molecule has 1 aliphatic carbocycles. The smallest absolute Gasteiger partial charge is 0.247 e. The van der Waals surface area contributed by atoms with Gasteiger partial charge in [-0.15, -0.1) is 0 Å². The Bertz CT molecular complexity index is 1010. The average Bonchev–Trinajstić information content (AvgIpc) is 3.55. The van der Waals surface area contributed by atoms with Crippen LogP contribution in [0.15, 0.2) is 40.9 Å². The van der Waals surface area contributed by atoms with Crippen molar-refractivity contribution in [3.05, 3.63) is 47.7 Å². The van der Waals surface area contributed by atoms with E-state index in [1.807, 2.05) is 30.3 Å². The molecule has 2 aromatic rings. The molecule has 9 heteroatoms. The average molecular weight is 497 g/mol. The van der Waals surface area contributed by atoms with Crippen molar-refractivity contribution in [1.82, 2.24) is 15.4 Å². The predicted molar refractivity (Wildman–Crippen MR) is 134 cm³/mol. The van der Waals surface area contributed by atoms with Crippen LogP contribution in [0.3, 0.4) is 0 Å². The number of anilines is 1. The number of rotatable bonds is 10. The molecule has 2 aliphatic rings. The molecular weight excluding hydrogens is 460 g/mol. The third-order valence-corrected chi connectivity index (χ3v) is 6.83. The fraction of sp³-hybridized carbons (Fsp3) is 0.556. The molecule has 1 aromatic heterocycles. The van der Waals surface area contributed by atoms with E-state index >= 15 is 0 Å². The van der Waals surface area contributed by atoms with Gasteiger partial charge in [-0.25, -0.2) is 0 Å². The summed E-state index contributed by atoms with van der Waals surface area (Å²) in [5, 5.41) is 9.62. The number of aryl methyl sites for hydroxylation is 1. The minimum atomic E-state index is -0.786. The predicted octanol–water partition coefficient (Wildman–Crippen LogP) is 3.90. The second kappa shape index (κ2) is 12.7. The zero-order valence-electron chi connectivity index (χ0n) is 20.9. The summed E-state index contributed by atoms with van der Waals surface area (Å²) in [5.41, 5.74) is 0.750. The number of hydrogen-bond donors (Lipinski definition) is 2. The largest absolute Gasteiger partial charge is 0.376 e. The first-order chi connectivity index (χ1) is 17.5. The third-order valence-electron chi connectivity index (χ3n) is 6.83. The van der Waals surface area contributed by atoms with Crippen LogP contribution in [-0.2, 0) is 19.1 Å². The first-order valence-electron chi connectivity index (χ1n) is 13.0. The Hall–Kier alpha value is -3.20. The SMILES string of the molecule is Cc1cc(NC(=O)CCC(=O)N(CC2CCCO2)C(C(=O)NC2CCCCC2)c2ccccc2)no1. The first-order valence-corrected chi connectivity index (χ1v) is 13.0. The summed E-state index contributed by atoms with van der Waals surface area (Å²) in [5.74, 6) is 0.122. The van der Waals surface area contributed by atoms with Crippen molar-refractivity contribution in [2.75, 3.05) is 18.5 Å². The molecule has 4 rings (SSSR count). The number of nitrogens with zero attached hydrogens (tertiary/aromatic N) is 2. The molecule has 3 amide bonds. The standard InChI is InChI=1S/C27H36N4O5/c1-19-17-23(30-36-19)29-24(32)14-15-25(33)31(18-22-13-8-16-35-22)26(20-9-4-2-5-10-20)27(34)28-21-11-6-3-7-12-21/h2,4-5,9-10,17,21-22,26H,3,6-8,11-16,18H2,1H3,(H,28,34)(H,29,30,32). The van der Waals surface area contributed by atoms with Gasteiger partial charge in [-0.3, -0.25) is 14.4 Å². The van der Waals surface area contributed by atoms with Crippen molar-refractivity contribution < 1.29 is 23.6 Å². The lowest BCUT2D eigenvalue weighted by Crippen LogP contribution is -2.49. The monoisotopic (exact) mass is 496 g/mol. The fourth-order valence-corrected chi connectivity index (χ4v) is 4.99. The van der Waals surface area contributed by atoms with E-state index in [1.54, 1.807) is 17.9 Å². The van der Waals surface area contributed by atoms with Crippen LogP contribution in [0.25, 0.3) is 0 Å². The lowest BCUT2D eigenvalue weighted by molar-refractivity contribution is -0.143. The van der Waals surface area contributed by atoms with Crippen LogP contribution in [0.5, 0.6) is 0 Å². The summed E-state index contributed by atoms with van der Waals surface area (Å²) < 4.78 is 10.8. The first kappa shape index (κ1) is 25.9. The quantitative estimate of drug-likeness (QED) is 0.516. The molecular formula is C27H36N4O5. The van der Waals surface area contributed by atoms with Crippen LogP contribution in [-0.4, -0.2) is 53.1 Å². The van der Waals surface area contributed by atoms with Gasteiger partial charge in [0.05, 0.1) is 6.10 Å². The van der Waals surface area contributed by atoms with E-state index in [-0.39, 0.29) is 42.7 Å². The Morgan fingerprint density at radius 3 is 2.50 bits per heavy atom. The highest BCUT2D eigenvalue weighted by Gasteiger charge is 2.35. The van der Waals surface area contributed by atoms with Crippen molar-refractivity contribution in [2.24, 2.45) is 0 Å². The van der Waals surface area contributed by atoms with Crippen molar-refractivity contribution in [1.29, 1.82) is 0 Å². The molecule has 0 spiro atoms. The zero-order valence-corrected chi connectivity index (χ0v) is 20.9. The number of hydrogen-bond acceptors (Lipinski definition) is 6. The Labute approximate surface area is 211 Å². The summed E-state index contributed by atoms with van der Waals surface area (Å²) in [6, 6.07) is 10.3. The molecule has 9 nitrogen and oxygen atoms in total. The number of aromatic nitrogens is 1. The van der Waals surface area contributed by atoms with Crippen LogP contribution >= 0.6 is 0 Å². The van der Waals surface area contributed by atoms with Gasteiger partial charge < -0.3 is 24.8 Å². The maximum atomic E-state index is 13.7. The van der Waals surface area contributed by atoms with E-state index in [0.29, 0.717) is 24.7 Å². The van der Waals surface area contributed by atoms with E-state index in [1.165, 1.54) is 6.42 Å². The van der Waals surface area contributed by atoms with Crippen molar-refractivity contribution >= 4 is 23.5 Å². The molecule has 194 valence electrons. The molecule has 2 heterocycles. The Morgan fingerprint density at radius 2 is 1.83 bits per heavy atom. The number of benzene rings is 1. The molecule has 2 fully saturated rings. The summed E-state index contributed by atoms with van der Waals surface area (Å²) >= 11 is 0. The second-order valence-corrected chi connectivity index (χ2v) is 9.71. The Balaban J connectivity index is 1.50. The van der Waals surface area contributed by atoms with E-state index in [0.717, 1.165) is 44.1 Å².